The molecular formula is C32H35N5O4. The minimum atomic E-state index is -0.727. The van der Waals surface area contributed by atoms with Crippen molar-refractivity contribution in [3.63, 3.8) is 0 Å². The number of benzene rings is 3. The quantitative estimate of drug-likeness (QED) is 0.273. The molecule has 0 radical (unpaired) electrons. The highest BCUT2D eigenvalue weighted by molar-refractivity contribution is 5.98. The second-order valence-electron chi connectivity index (χ2n) is 10.3. The van der Waals surface area contributed by atoms with Crippen molar-refractivity contribution in [1.82, 2.24) is 19.9 Å². The summed E-state index contributed by atoms with van der Waals surface area (Å²) < 4.78 is 12.5. The first kappa shape index (κ1) is 27.9. The average Bonchev–Trinajstić information content (AvgIpc) is 3.41. The summed E-state index contributed by atoms with van der Waals surface area (Å²) in [6, 6.07) is 20.1. The van der Waals surface area contributed by atoms with Gasteiger partial charge in [0.1, 0.15) is 29.6 Å². The normalized spacial score (nSPS) is 15.3. The smallest absolute Gasteiger partial charge is 0.247 e. The fourth-order valence-electron chi connectivity index (χ4n) is 5.31. The number of allylic oxidation sites excluding steroid dienone is 2. The molecule has 0 aliphatic heterocycles. The number of anilines is 1. The number of carbonyl (C=O) groups excluding carboxylic acids is 2. The first-order valence-corrected chi connectivity index (χ1v) is 13.8. The predicted octanol–water partition coefficient (Wildman–Crippen LogP) is 5.15. The number of para-hydroxylation sites is 1. The van der Waals surface area contributed by atoms with E-state index in [2.05, 4.69) is 27.8 Å². The van der Waals surface area contributed by atoms with E-state index in [1.54, 1.807) is 42.0 Å². The Labute approximate surface area is 239 Å². The van der Waals surface area contributed by atoms with Crippen molar-refractivity contribution < 1.29 is 19.1 Å². The monoisotopic (exact) mass is 553 g/mol. The number of nitrogens with zero attached hydrogens (tertiary/aromatic N) is 4. The van der Waals surface area contributed by atoms with Crippen LogP contribution in [0.25, 0.3) is 11.0 Å². The lowest BCUT2D eigenvalue weighted by Gasteiger charge is -2.37. The summed E-state index contributed by atoms with van der Waals surface area (Å²) in [4.78, 5) is 30.1. The van der Waals surface area contributed by atoms with Crippen molar-refractivity contribution in [3.05, 3.63) is 90.0 Å². The number of aromatic nitrogens is 3. The molecule has 0 unspecified atom stereocenters. The van der Waals surface area contributed by atoms with Gasteiger partial charge >= 0.3 is 0 Å². The Kier molecular flexibility index (Phi) is 8.62. The van der Waals surface area contributed by atoms with E-state index in [1.165, 1.54) is 0 Å². The third-order valence-corrected chi connectivity index (χ3v) is 7.53. The highest BCUT2D eigenvalue weighted by Gasteiger charge is 2.37. The maximum Gasteiger partial charge on any atom is 0.247 e. The number of aryl methyl sites for hydroxylation is 1. The molecule has 1 N–H and O–H groups in total. The molecule has 2 amide bonds. The highest BCUT2D eigenvalue weighted by Crippen LogP contribution is 2.32. The van der Waals surface area contributed by atoms with Gasteiger partial charge in [0.25, 0.3) is 0 Å². The van der Waals surface area contributed by atoms with Gasteiger partial charge in [-0.1, -0.05) is 59.3 Å². The molecule has 3 aromatic carbocycles. The van der Waals surface area contributed by atoms with E-state index in [9.17, 15) is 9.59 Å². The van der Waals surface area contributed by atoms with Crippen LogP contribution in [-0.2, 0) is 22.7 Å². The van der Waals surface area contributed by atoms with E-state index < -0.39 is 6.04 Å². The molecule has 2 atom stereocenters. The summed E-state index contributed by atoms with van der Waals surface area (Å²) in [5.74, 6) is 0.553. The Hall–Kier alpha value is -4.66. The second-order valence-corrected chi connectivity index (χ2v) is 10.3. The molecule has 1 heterocycles. The zero-order valence-electron chi connectivity index (χ0n) is 23.6. The topological polar surface area (TPSA) is 98.6 Å². The second kappa shape index (κ2) is 12.7. The van der Waals surface area contributed by atoms with E-state index in [0.717, 1.165) is 29.5 Å². The first-order chi connectivity index (χ1) is 20.0. The van der Waals surface area contributed by atoms with Crippen LogP contribution < -0.4 is 14.8 Å². The number of fused-ring (bicyclic) bond motifs is 1. The van der Waals surface area contributed by atoms with Gasteiger partial charge in [-0.15, -0.1) is 5.10 Å². The van der Waals surface area contributed by atoms with Crippen LogP contribution in [0.2, 0.25) is 0 Å². The molecule has 0 spiro atoms. The summed E-state index contributed by atoms with van der Waals surface area (Å²) in [5, 5.41) is 11.5. The number of amides is 2. The lowest BCUT2D eigenvalue weighted by molar-refractivity contribution is -0.142. The highest BCUT2D eigenvalue weighted by atomic mass is 16.5. The molecular weight excluding hydrogens is 518 g/mol. The van der Waals surface area contributed by atoms with Crippen LogP contribution in [0.3, 0.4) is 0 Å². The van der Waals surface area contributed by atoms with Crippen LogP contribution in [-0.4, -0.2) is 52.0 Å². The van der Waals surface area contributed by atoms with Gasteiger partial charge in [-0.2, -0.15) is 0 Å². The molecule has 1 aromatic heterocycles. The fraction of sp³-hybridized carbons (Fsp3) is 0.312. The molecule has 41 heavy (non-hydrogen) atoms. The molecule has 0 bridgehead atoms. The van der Waals surface area contributed by atoms with Crippen molar-refractivity contribution >= 4 is 28.5 Å². The van der Waals surface area contributed by atoms with Crippen LogP contribution in [0.15, 0.2) is 78.9 Å². The van der Waals surface area contributed by atoms with E-state index >= 15 is 0 Å². The molecule has 9 heteroatoms. The van der Waals surface area contributed by atoms with Crippen LogP contribution in [0.1, 0.15) is 30.4 Å². The molecule has 9 nitrogen and oxygen atoms in total. The van der Waals surface area contributed by atoms with Gasteiger partial charge in [0.05, 0.1) is 25.4 Å². The minimum absolute atomic E-state index is 0.0371. The Morgan fingerprint density at radius 3 is 2.59 bits per heavy atom. The minimum Gasteiger partial charge on any atom is -0.497 e. The van der Waals surface area contributed by atoms with E-state index in [-0.39, 0.29) is 30.8 Å². The van der Waals surface area contributed by atoms with Crippen molar-refractivity contribution in [2.45, 2.75) is 45.3 Å². The van der Waals surface area contributed by atoms with Gasteiger partial charge in [0.15, 0.2) is 0 Å². The zero-order valence-corrected chi connectivity index (χ0v) is 23.6. The third-order valence-electron chi connectivity index (χ3n) is 7.53. The molecule has 1 aliphatic carbocycles. The molecule has 212 valence electrons. The predicted molar refractivity (Wildman–Crippen MR) is 158 cm³/mol. The number of rotatable bonds is 10. The summed E-state index contributed by atoms with van der Waals surface area (Å²) in [5.41, 5.74) is 4.06. The van der Waals surface area contributed by atoms with E-state index in [0.29, 0.717) is 29.1 Å². The summed E-state index contributed by atoms with van der Waals surface area (Å²) >= 11 is 0. The Morgan fingerprint density at radius 2 is 1.85 bits per heavy atom. The summed E-state index contributed by atoms with van der Waals surface area (Å²) in [7, 11) is 3.12. The maximum atomic E-state index is 14.2. The maximum absolute atomic E-state index is 14.2. The number of hydrogen-bond donors (Lipinski definition) is 1. The molecule has 0 saturated carbocycles. The Morgan fingerprint density at radius 1 is 1.05 bits per heavy atom. The lowest BCUT2D eigenvalue weighted by Crippen LogP contribution is -2.52. The van der Waals surface area contributed by atoms with Gasteiger partial charge in [-0.25, -0.2) is 4.68 Å². The molecule has 1 aliphatic rings. The zero-order chi connectivity index (χ0) is 28.8. The standard InChI is InChI=1S/C32H35N5O4/c1-22-13-15-23(16-14-22)20-36(30(38)21-37-28-12-8-7-11-26(28)34-35-37)31(24-9-5-4-6-10-24)32(39)33-27-18-17-25(40-2)19-29(27)41-3/h4-5,7-8,11-19,24,31H,6,9-10,20-21H2,1-3H3,(H,33,39)/t24-,31-/m1/s1. The van der Waals surface area contributed by atoms with E-state index in [1.807, 2.05) is 55.5 Å². The van der Waals surface area contributed by atoms with Gasteiger partial charge in [0, 0.05) is 12.6 Å². The van der Waals surface area contributed by atoms with Crippen LogP contribution in [0, 0.1) is 12.8 Å². The van der Waals surface area contributed by atoms with Gasteiger partial charge < -0.3 is 19.7 Å². The summed E-state index contributed by atoms with van der Waals surface area (Å²) in [6.45, 7) is 2.27. The first-order valence-electron chi connectivity index (χ1n) is 13.8. The number of hydrogen-bond acceptors (Lipinski definition) is 6. The fourth-order valence-corrected chi connectivity index (χ4v) is 5.31. The van der Waals surface area contributed by atoms with Crippen LogP contribution >= 0.6 is 0 Å². The van der Waals surface area contributed by atoms with Gasteiger partial charge in [0.2, 0.25) is 11.8 Å². The van der Waals surface area contributed by atoms with Crippen LogP contribution in [0.5, 0.6) is 11.5 Å². The Bertz CT molecular complexity index is 1550. The lowest BCUT2D eigenvalue weighted by atomic mass is 9.85. The number of carbonyl (C=O) groups is 2. The Balaban J connectivity index is 1.51. The van der Waals surface area contributed by atoms with Crippen molar-refractivity contribution in [1.29, 1.82) is 0 Å². The number of ether oxygens (including phenoxy) is 2. The third kappa shape index (κ3) is 6.40. The van der Waals surface area contributed by atoms with Crippen molar-refractivity contribution in [2.24, 2.45) is 5.92 Å². The molecule has 0 saturated heterocycles. The average molecular weight is 554 g/mol. The van der Waals surface area contributed by atoms with Gasteiger partial charge in [-0.05, 0) is 61.9 Å². The van der Waals surface area contributed by atoms with Crippen molar-refractivity contribution in [2.75, 3.05) is 19.5 Å². The van der Waals surface area contributed by atoms with E-state index in [4.69, 9.17) is 9.47 Å². The molecule has 0 fully saturated rings. The molecule has 5 rings (SSSR count). The van der Waals surface area contributed by atoms with Gasteiger partial charge in [-0.3, -0.25) is 9.59 Å². The van der Waals surface area contributed by atoms with Crippen molar-refractivity contribution in [3.8, 4) is 11.5 Å². The SMILES string of the molecule is COc1ccc(NC(=O)[C@@H]([C@@H]2CC=CCC2)N(Cc2ccc(C)cc2)C(=O)Cn2nnc3ccccc32)c(OC)c1. The molecule has 4 aromatic rings. The number of nitrogens with one attached hydrogen (secondary N) is 1. The van der Waals surface area contributed by atoms with Crippen LogP contribution in [0.4, 0.5) is 5.69 Å². The summed E-state index contributed by atoms with van der Waals surface area (Å²) in [6.07, 6.45) is 6.56. The largest absolute Gasteiger partial charge is 0.497 e. The number of methoxy groups -OCH3 is 2.